The van der Waals surface area contributed by atoms with Crippen LogP contribution in [0.2, 0.25) is 0 Å². The zero-order valence-corrected chi connectivity index (χ0v) is 10.2. The Bertz CT molecular complexity index is 447. The summed E-state index contributed by atoms with van der Waals surface area (Å²) in [5.74, 6) is -1.04. The number of para-hydroxylation sites is 1. The highest BCUT2D eigenvalue weighted by Gasteiger charge is 2.22. The first-order valence-corrected chi connectivity index (χ1v) is 6.01. The van der Waals surface area contributed by atoms with Crippen molar-refractivity contribution in [3.63, 3.8) is 0 Å². The van der Waals surface area contributed by atoms with Crippen molar-refractivity contribution in [3.8, 4) is 11.5 Å². The van der Waals surface area contributed by atoms with Crippen LogP contribution in [-0.4, -0.2) is 34.9 Å². The number of benzene rings is 1. The smallest absolute Gasteiger partial charge is 0.255 e. The SMILES string of the molecule is CC1CC(NC(=O)c2cccc(O)c2O)CCO1. The van der Waals surface area contributed by atoms with Gasteiger partial charge in [-0.05, 0) is 31.9 Å². The van der Waals surface area contributed by atoms with Gasteiger partial charge in [-0.3, -0.25) is 4.79 Å². The molecule has 2 rings (SSSR count). The van der Waals surface area contributed by atoms with E-state index in [4.69, 9.17) is 4.74 Å². The van der Waals surface area contributed by atoms with Crippen molar-refractivity contribution in [1.82, 2.24) is 5.32 Å². The van der Waals surface area contributed by atoms with Crippen LogP contribution in [0.4, 0.5) is 0 Å². The summed E-state index contributed by atoms with van der Waals surface area (Å²) < 4.78 is 5.40. The van der Waals surface area contributed by atoms with Crippen molar-refractivity contribution >= 4 is 5.91 Å². The van der Waals surface area contributed by atoms with Crippen LogP contribution in [0.1, 0.15) is 30.1 Å². The van der Waals surface area contributed by atoms with Crippen molar-refractivity contribution in [3.05, 3.63) is 23.8 Å². The fraction of sp³-hybridized carbons (Fsp3) is 0.462. The number of carbonyl (C=O) groups is 1. The largest absolute Gasteiger partial charge is 0.504 e. The third kappa shape index (κ3) is 2.73. The number of phenolic OH excluding ortho intramolecular Hbond substituents is 2. The van der Waals surface area contributed by atoms with E-state index in [1.54, 1.807) is 0 Å². The lowest BCUT2D eigenvalue weighted by Gasteiger charge is -2.28. The molecule has 0 spiro atoms. The number of rotatable bonds is 2. The Morgan fingerprint density at radius 2 is 2.22 bits per heavy atom. The molecule has 1 saturated heterocycles. The highest BCUT2D eigenvalue weighted by molar-refractivity contribution is 5.97. The average molecular weight is 251 g/mol. The minimum absolute atomic E-state index is 0.0444. The van der Waals surface area contributed by atoms with Crippen molar-refractivity contribution in [1.29, 1.82) is 0 Å². The summed E-state index contributed by atoms with van der Waals surface area (Å²) in [4.78, 5) is 12.0. The number of nitrogens with one attached hydrogen (secondary N) is 1. The molecule has 0 radical (unpaired) electrons. The van der Waals surface area contributed by atoms with Crippen molar-refractivity contribution in [2.24, 2.45) is 0 Å². The van der Waals surface area contributed by atoms with Crippen LogP contribution in [0.5, 0.6) is 11.5 Å². The molecule has 1 aromatic carbocycles. The predicted molar refractivity (Wildman–Crippen MR) is 65.7 cm³/mol. The quantitative estimate of drug-likeness (QED) is 0.694. The van der Waals surface area contributed by atoms with E-state index in [1.165, 1.54) is 18.2 Å². The van der Waals surface area contributed by atoms with Gasteiger partial charge in [-0.15, -0.1) is 0 Å². The molecule has 5 nitrogen and oxygen atoms in total. The maximum Gasteiger partial charge on any atom is 0.255 e. The lowest BCUT2D eigenvalue weighted by Crippen LogP contribution is -2.41. The molecule has 0 aliphatic carbocycles. The molecule has 98 valence electrons. The van der Waals surface area contributed by atoms with Crippen molar-refractivity contribution < 1.29 is 19.7 Å². The van der Waals surface area contributed by atoms with Gasteiger partial charge in [0.15, 0.2) is 11.5 Å². The molecule has 1 aliphatic heterocycles. The van der Waals surface area contributed by atoms with Gasteiger partial charge in [-0.25, -0.2) is 0 Å². The minimum Gasteiger partial charge on any atom is -0.504 e. The monoisotopic (exact) mass is 251 g/mol. The molecular weight excluding hydrogens is 234 g/mol. The molecule has 0 aromatic heterocycles. The molecule has 2 unspecified atom stereocenters. The van der Waals surface area contributed by atoms with Crippen LogP contribution >= 0.6 is 0 Å². The lowest BCUT2D eigenvalue weighted by molar-refractivity contribution is 0.0136. The molecule has 2 atom stereocenters. The first kappa shape index (κ1) is 12.7. The Balaban J connectivity index is 2.05. The van der Waals surface area contributed by atoms with Crippen LogP contribution in [0.15, 0.2) is 18.2 Å². The van der Waals surface area contributed by atoms with Crippen LogP contribution in [0.25, 0.3) is 0 Å². The molecule has 1 amide bonds. The molecule has 1 aliphatic rings. The van der Waals surface area contributed by atoms with Crippen LogP contribution < -0.4 is 5.32 Å². The Labute approximate surface area is 105 Å². The van der Waals surface area contributed by atoms with Gasteiger partial charge in [0.25, 0.3) is 5.91 Å². The van der Waals surface area contributed by atoms with Gasteiger partial charge in [0.05, 0.1) is 11.7 Å². The Morgan fingerprint density at radius 1 is 1.44 bits per heavy atom. The molecule has 3 N–H and O–H groups in total. The molecule has 5 heteroatoms. The number of hydrogen-bond acceptors (Lipinski definition) is 4. The predicted octanol–water partition coefficient (Wildman–Crippen LogP) is 1.40. The van der Waals surface area contributed by atoms with Crippen molar-refractivity contribution in [2.75, 3.05) is 6.61 Å². The Kier molecular flexibility index (Phi) is 3.72. The summed E-state index contributed by atoms with van der Waals surface area (Å²) in [6.07, 6.45) is 1.64. The molecule has 1 aromatic rings. The zero-order chi connectivity index (χ0) is 13.1. The number of ether oxygens (including phenoxy) is 1. The number of aromatic hydroxyl groups is 2. The molecule has 1 fully saturated rings. The van der Waals surface area contributed by atoms with Gasteiger partial charge in [0.1, 0.15) is 0 Å². The van der Waals surface area contributed by atoms with Gasteiger partial charge in [0.2, 0.25) is 0 Å². The summed E-state index contributed by atoms with van der Waals surface area (Å²) >= 11 is 0. The normalized spacial score (nSPS) is 23.6. The molecule has 0 saturated carbocycles. The van der Waals surface area contributed by atoms with Gasteiger partial charge < -0.3 is 20.3 Å². The van der Waals surface area contributed by atoms with Gasteiger partial charge in [0, 0.05) is 12.6 Å². The number of hydrogen-bond donors (Lipinski definition) is 3. The summed E-state index contributed by atoms with van der Waals surface area (Å²) in [5.41, 5.74) is 0.0918. The Morgan fingerprint density at radius 3 is 2.94 bits per heavy atom. The second-order valence-electron chi connectivity index (χ2n) is 4.55. The number of amides is 1. The number of carbonyl (C=O) groups excluding carboxylic acids is 1. The maximum absolute atomic E-state index is 12.0. The van der Waals surface area contributed by atoms with Crippen LogP contribution in [0, 0.1) is 0 Å². The van der Waals surface area contributed by atoms with E-state index in [0.29, 0.717) is 6.61 Å². The first-order chi connectivity index (χ1) is 8.58. The second kappa shape index (κ2) is 5.27. The topological polar surface area (TPSA) is 78.8 Å². The lowest BCUT2D eigenvalue weighted by atomic mass is 10.0. The standard InChI is InChI=1S/C13H17NO4/c1-8-7-9(5-6-18-8)14-13(17)10-3-2-4-11(15)12(10)16/h2-4,8-9,15-16H,5-7H2,1H3,(H,14,17). The van der Waals surface area contributed by atoms with Crippen LogP contribution in [-0.2, 0) is 4.74 Å². The van der Waals surface area contributed by atoms with Gasteiger partial charge in [-0.2, -0.15) is 0 Å². The van der Waals surface area contributed by atoms with E-state index in [1.807, 2.05) is 6.92 Å². The average Bonchev–Trinajstić information content (AvgIpc) is 2.32. The molecule has 0 bridgehead atoms. The molecule has 18 heavy (non-hydrogen) atoms. The maximum atomic E-state index is 12.0. The van der Waals surface area contributed by atoms with Crippen molar-refractivity contribution in [2.45, 2.75) is 31.9 Å². The van der Waals surface area contributed by atoms with E-state index in [9.17, 15) is 15.0 Å². The van der Waals surface area contributed by atoms with E-state index in [2.05, 4.69) is 5.32 Å². The molecular formula is C13H17NO4. The van der Waals surface area contributed by atoms with Gasteiger partial charge in [-0.1, -0.05) is 6.07 Å². The highest BCUT2D eigenvalue weighted by atomic mass is 16.5. The summed E-state index contributed by atoms with van der Waals surface area (Å²) in [5, 5.41) is 21.8. The number of phenols is 2. The third-order valence-corrected chi connectivity index (χ3v) is 3.08. The van der Waals surface area contributed by atoms with Crippen LogP contribution in [0.3, 0.4) is 0 Å². The van der Waals surface area contributed by atoms with E-state index in [0.717, 1.165) is 12.8 Å². The summed E-state index contributed by atoms with van der Waals surface area (Å²) in [7, 11) is 0. The second-order valence-corrected chi connectivity index (χ2v) is 4.55. The van der Waals surface area contributed by atoms with E-state index >= 15 is 0 Å². The van der Waals surface area contributed by atoms with E-state index in [-0.39, 0.29) is 35.1 Å². The zero-order valence-electron chi connectivity index (χ0n) is 10.2. The first-order valence-electron chi connectivity index (χ1n) is 6.01. The highest BCUT2D eigenvalue weighted by Crippen LogP contribution is 2.28. The summed E-state index contributed by atoms with van der Waals surface area (Å²) in [6.45, 7) is 2.59. The summed E-state index contributed by atoms with van der Waals surface area (Å²) in [6, 6.07) is 4.38. The minimum atomic E-state index is -0.380. The van der Waals surface area contributed by atoms with E-state index < -0.39 is 0 Å². The van der Waals surface area contributed by atoms with Gasteiger partial charge >= 0.3 is 0 Å². The fourth-order valence-electron chi connectivity index (χ4n) is 2.11. The third-order valence-electron chi connectivity index (χ3n) is 3.08. The Hall–Kier alpha value is -1.75. The molecule has 1 heterocycles. The fourth-order valence-corrected chi connectivity index (χ4v) is 2.11.